The van der Waals surface area contributed by atoms with Gasteiger partial charge in [-0.05, 0) is 42.3 Å². The number of hydrogen-bond donors (Lipinski definition) is 1. The highest BCUT2D eigenvalue weighted by molar-refractivity contribution is 6.33. The van der Waals surface area contributed by atoms with Crippen LogP contribution in [-0.4, -0.2) is 6.54 Å². The fraction of sp³-hybridized carbons (Fsp3) is 0.294. The van der Waals surface area contributed by atoms with Crippen LogP contribution in [0, 0.1) is 0 Å². The predicted octanol–water partition coefficient (Wildman–Crippen LogP) is 5.36. The second-order valence-corrected chi connectivity index (χ2v) is 5.74. The van der Waals surface area contributed by atoms with Gasteiger partial charge < -0.3 is 10.6 Å². The Bertz CT molecular complexity index is 671. The van der Waals surface area contributed by atoms with E-state index in [0.29, 0.717) is 29.4 Å². The Labute approximate surface area is 138 Å². The van der Waals surface area contributed by atoms with Gasteiger partial charge in [-0.1, -0.05) is 30.7 Å². The van der Waals surface area contributed by atoms with Gasteiger partial charge in [0, 0.05) is 18.8 Å². The molecular formula is C17H18ClF3N2. The molecule has 124 valence electrons. The van der Waals surface area contributed by atoms with Crippen molar-refractivity contribution in [2.45, 2.75) is 26.1 Å². The summed E-state index contributed by atoms with van der Waals surface area (Å²) in [7, 11) is 0. The van der Waals surface area contributed by atoms with Gasteiger partial charge in [-0.2, -0.15) is 13.2 Å². The number of hydrogen-bond acceptors (Lipinski definition) is 2. The first-order valence-electron chi connectivity index (χ1n) is 7.27. The normalized spacial score (nSPS) is 11.5. The fourth-order valence-corrected chi connectivity index (χ4v) is 2.71. The van der Waals surface area contributed by atoms with Gasteiger partial charge in [0.15, 0.2) is 0 Å². The molecule has 0 amide bonds. The first kappa shape index (κ1) is 17.5. The molecule has 2 aromatic carbocycles. The second kappa shape index (κ2) is 7.13. The van der Waals surface area contributed by atoms with Crippen LogP contribution in [-0.2, 0) is 12.7 Å². The van der Waals surface area contributed by atoms with Gasteiger partial charge in [0.1, 0.15) is 0 Å². The molecule has 0 aliphatic carbocycles. The van der Waals surface area contributed by atoms with E-state index in [9.17, 15) is 13.2 Å². The van der Waals surface area contributed by atoms with Gasteiger partial charge in [0.25, 0.3) is 0 Å². The van der Waals surface area contributed by atoms with Crippen LogP contribution in [0.15, 0.2) is 42.5 Å². The van der Waals surface area contributed by atoms with Gasteiger partial charge in [0.2, 0.25) is 0 Å². The summed E-state index contributed by atoms with van der Waals surface area (Å²) < 4.78 is 38.5. The van der Waals surface area contributed by atoms with Gasteiger partial charge in [0.05, 0.1) is 16.3 Å². The molecule has 0 atom stereocenters. The molecule has 0 heterocycles. The minimum absolute atomic E-state index is 0.349. The van der Waals surface area contributed by atoms with Crippen LogP contribution in [0.1, 0.15) is 24.5 Å². The molecule has 23 heavy (non-hydrogen) atoms. The lowest BCUT2D eigenvalue weighted by molar-refractivity contribution is -0.137. The Morgan fingerprint density at radius 3 is 2.48 bits per heavy atom. The van der Waals surface area contributed by atoms with Crippen LogP contribution in [0.25, 0.3) is 0 Å². The summed E-state index contributed by atoms with van der Waals surface area (Å²) in [5.41, 5.74) is 6.95. The highest BCUT2D eigenvalue weighted by Gasteiger charge is 2.30. The molecule has 0 aliphatic rings. The molecule has 0 saturated heterocycles. The second-order valence-electron chi connectivity index (χ2n) is 5.33. The zero-order chi connectivity index (χ0) is 17.0. The van der Waals surface area contributed by atoms with Gasteiger partial charge in [-0.25, -0.2) is 0 Å². The number of benzene rings is 2. The Morgan fingerprint density at radius 2 is 1.87 bits per heavy atom. The van der Waals surface area contributed by atoms with Crippen molar-refractivity contribution in [3.8, 4) is 0 Å². The monoisotopic (exact) mass is 342 g/mol. The SMILES string of the molecule is CCCN(Cc1cccc(C(F)(F)F)c1)c1ccc(N)cc1Cl. The first-order valence-corrected chi connectivity index (χ1v) is 7.65. The van der Waals surface area contributed by atoms with Crippen molar-refractivity contribution in [3.63, 3.8) is 0 Å². The average molecular weight is 343 g/mol. The van der Waals surface area contributed by atoms with E-state index >= 15 is 0 Å². The Morgan fingerprint density at radius 1 is 1.13 bits per heavy atom. The van der Waals surface area contributed by atoms with Gasteiger partial charge in [-0.3, -0.25) is 0 Å². The van der Waals surface area contributed by atoms with Crippen LogP contribution >= 0.6 is 11.6 Å². The number of anilines is 2. The summed E-state index contributed by atoms with van der Waals surface area (Å²) in [6.07, 6.45) is -3.50. The van der Waals surface area contributed by atoms with Crippen molar-refractivity contribution in [3.05, 3.63) is 58.6 Å². The van der Waals surface area contributed by atoms with Crippen molar-refractivity contribution < 1.29 is 13.2 Å². The molecule has 0 aliphatic heterocycles. The lowest BCUT2D eigenvalue weighted by Crippen LogP contribution is -2.24. The van der Waals surface area contributed by atoms with E-state index in [0.717, 1.165) is 18.2 Å². The van der Waals surface area contributed by atoms with Crippen LogP contribution in [0.2, 0.25) is 5.02 Å². The molecule has 2 N–H and O–H groups in total. The minimum Gasteiger partial charge on any atom is -0.399 e. The molecular weight excluding hydrogens is 325 g/mol. The summed E-state index contributed by atoms with van der Waals surface area (Å²) in [5, 5.41) is 0.491. The van der Waals surface area contributed by atoms with Crippen LogP contribution < -0.4 is 10.6 Å². The van der Waals surface area contributed by atoms with Crippen molar-refractivity contribution in [2.75, 3.05) is 17.2 Å². The largest absolute Gasteiger partial charge is 0.416 e. The third-order valence-corrected chi connectivity index (χ3v) is 3.74. The Kier molecular flexibility index (Phi) is 5.42. The maximum atomic E-state index is 12.8. The van der Waals surface area contributed by atoms with E-state index in [1.54, 1.807) is 24.3 Å². The van der Waals surface area contributed by atoms with Crippen molar-refractivity contribution in [1.82, 2.24) is 0 Å². The molecule has 0 radical (unpaired) electrons. The Balaban J connectivity index is 2.29. The number of rotatable bonds is 5. The number of alkyl halides is 3. The quantitative estimate of drug-likeness (QED) is 0.741. The molecule has 0 unspecified atom stereocenters. The number of nitrogens with two attached hydrogens (primary N) is 1. The minimum atomic E-state index is -4.34. The predicted molar refractivity (Wildman–Crippen MR) is 88.6 cm³/mol. The molecule has 0 saturated carbocycles. The molecule has 0 fully saturated rings. The molecule has 2 nitrogen and oxygen atoms in total. The van der Waals surface area contributed by atoms with Crippen molar-refractivity contribution in [2.24, 2.45) is 0 Å². The zero-order valence-corrected chi connectivity index (χ0v) is 13.5. The molecule has 0 aromatic heterocycles. The molecule has 6 heteroatoms. The fourth-order valence-electron chi connectivity index (χ4n) is 2.40. The third kappa shape index (κ3) is 4.55. The standard InChI is InChI=1S/C17H18ClF3N2/c1-2-8-23(16-7-6-14(22)10-15(16)18)11-12-4-3-5-13(9-12)17(19,20)21/h3-7,9-10H,2,8,11,22H2,1H3. The topological polar surface area (TPSA) is 29.3 Å². The van der Waals surface area contributed by atoms with E-state index in [-0.39, 0.29) is 0 Å². The molecule has 0 bridgehead atoms. The lowest BCUT2D eigenvalue weighted by Gasteiger charge is -2.26. The van der Waals surface area contributed by atoms with Crippen molar-refractivity contribution in [1.29, 1.82) is 0 Å². The highest BCUT2D eigenvalue weighted by atomic mass is 35.5. The summed E-state index contributed by atoms with van der Waals surface area (Å²) >= 11 is 6.23. The van der Waals surface area contributed by atoms with E-state index in [2.05, 4.69) is 0 Å². The maximum absolute atomic E-state index is 12.8. The Hall–Kier alpha value is -1.88. The van der Waals surface area contributed by atoms with Crippen LogP contribution in [0.4, 0.5) is 24.5 Å². The number of halogens is 4. The first-order chi connectivity index (χ1) is 10.8. The van der Waals surface area contributed by atoms with E-state index in [1.807, 2.05) is 11.8 Å². The third-order valence-electron chi connectivity index (χ3n) is 3.43. The van der Waals surface area contributed by atoms with Crippen LogP contribution in [0.5, 0.6) is 0 Å². The van der Waals surface area contributed by atoms with Crippen molar-refractivity contribution >= 4 is 23.0 Å². The summed E-state index contributed by atoms with van der Waals surface area (Å²) in [5.74, 6) is 0. The zero-order valence-electron chi connectivity index (χ0n) is 12.7. The van der Waals surface area contributed by atoms with E-state index in [1.165, 1.54) is 12.1 Å². The summed E-state index contributed by atoms with van der Waals surface area (Å²) in [6, 6.07) is 10.5. The maximum Gasteiger partial charge on any atom is 0.416 e. The average Bonchev–Trinajstić information content (AvgIpc) is 2.46. The lowest BCUT2D eigenvalue weighted by atomic mass is 10.1. The summed E-state index contributed by atoms with van der Waals surface area (Å²) in [6.45, 7) is 3.03. The van der Waals surface area contributed by atoms with E-state index < -0.39 is 11.7 Å². The van der Waals surface area contributed by atoms with Gasteiger partial charge in [-0.15, -0.1) is 0 Å². The van der Waals surface area contributed by atoms with Crippen LogP contribution in [0.3, 0.4) is 0 Å². The molecule has 2 rings (SSSR count). The van der Waals surface area contributed by atoms with Gasteiger partial charge >= 0.3 is 6.18 Å². The smallest absolute Gasteiger partial charge is 0.399 e. The number of nitrogens with zero attached hydrogens (tertiary/aromatic N) is 1. The highest BCUT2D eigenvalue weighted by Crippen LogP contribution is 2.32. The molecule has 0 spiro atoms. The summed E-state index contributed by atoms with van der Waals surface area (Å²) in [4.78, 5) is 1.96. The van der Waals surface area contributed by atoms with E-state index in [4.69, 9.17) is 17.3 Å². The number of nitrogen functional groups attached to an aromatic ring is 1. The molecule has 2 aromatic rings.